The molecule has 2 aromatic carbocycles. The quantitative estimate of drug-likeness (QED) is 0.756. The van der Waals surface area contributed by atoms with Crippen LogP contribution in [-0.4, -0.2) is 24.5 Å². The molecule has 0 N–H and O–H groups in total. The third kappa shape index (κ3) is 3.54. The Bertz CT molecular complexity index is 474. The summed E-state index contributed by atoms with van der Waals surface area (Å²) in [4.78, 5) is 0. The summed E-state index contributed by atoms with van der Waals surface area (Å²) < 4.78 is 0. The summed E-state index contributed by atoms with van der Waals surface area (Å²) in [5.41, 5.74) is 0. The fourth-order valence-corrected chi connectivity index (χ4v) is 15.7. The van der Waals surface area contributed by atoms with Crippen molar-refractivity contribution < 1.29 is 0 Å². The third-order valence-electron chi connectivity index (χ3n) is 2.86. The van der Waals surface area contributed by atoms with Crippen molar-refractivity contribution in [3.63, 3.8) is 0 Å². The largest absolute Gasteiger partial charge is 0.0716 e. The average Bonchev–Trinajstić information content (AvgIpc) is 2.37. The van der Waals surface area contributed by atoms with E-state index in [0.29, 0.717) is 0 Å². The first-order valence-corrected chi connectivity index (χ1v) is 14.3. The van der Waals surface area contributed by atoms with Gasteiger partial charge in [0.25, 0.3) is 0 Å². The molecular weight excluding hydrogens is 264 g/mol. The summed E-state index contributed by atoms with van der Waals surface area (Å²) in [6.45, 7) is 7.55. The van der Waals surface area contributed by atoms with Gasteiger partial charge in [0.2, 0.25) is 0 Å². The van der Waals surface area contributed by atoms with Gasteiger partial charge in [-0.3, -0.25) is 0 Å². The van der Waals surface area contributed by atoms with Crippen molar-refractivity contribution >= 4 is 34.8 Å². The van der Waals surface area contributed by atoms with Gasteiger partial charge in [-0.1, -0.05) is 90.7 Å². The topological polar surface area (TPSA) is 0 Å². The van der Waals surface area contributed by atoms with Crippen LogP contribution in [0.15, 0.2) is 60.7 Å². The highest BCUT2D eigenvalue weighted by Gasteiger charge is 2.30. The van der Waals surface area contributed by atoms with E-state index in [1.165, 1.54) is 5.19 Å². The maximum absolute atomic E-state index is 2.52. The molecule has 0 aliphatic heterocycles. The second kappa shape index (κ2) is 5.82. The molecule has 0 amide bonds. The minimum Gasteiger partial charge on any atom is -0.0716 e. The summed E-state index contributed by atoms with van der Waals surface area (Å²) in [6, 6.07) is 22.2. The van der Waals surface area contributed by atoms with Crippen LogP contribution in [0.5, 0.6) is 0 Å². The second-order valence-electron chi connectivity index (χ2n) is 5.48. The Labute approximate surface area is 115 Å². The van der Waals surface area contributed by atoms with E-state index in [9.17, 15) is 0 Å². The van der Waals surface area contributed by atoms with E-state index in [-0.39, 0.29) is 0 Å². The lowest BCUT2D eigenvalue weighted by Crippen LogP contribution is -2.58. The van der Waals surface area contributed by atoms with Crippen LogP contribution in [0.25, 0.3) is 0 Å². The fraction of sp³-hybridized carbons (Fsp3) is 0.200. The Morgan fingerprint density at radius 1 is 0.778 bits per heavy atom. The summed E-state index contributed by atoms with van der Waals surface area (Å²) in [6.07, 6.45) is 0. The van der Waals surface area contributed by atoms with E-state index in [1.54, 1.807) is 5.19 Å². The van der Waals surface area contributed by atoms with Crippen LogP contribution in [-0.2, 0) is 0 Å². The number of hydrogen-bond donors (Lipinski definition) is 0. The average molecular weight is 284 g/mol. The fourth-order valence-electron chi connectivity index (χ4n) is 1.96. The normalized spacial score (nSPS) is 11.8. The highest BCUT2D eigenvalue weighted by atomic mass is 29.6. The van der Waals surface area contributed by atoms with Gasteiger partial charge >= 0.3 is 0 Å². The third-order valence-corrected chi connectivity index (χ3v) is 21.9. The molecule has 0 fully saturated rings. The Balaban J connectivity index is 2.28. The van der Waals surface area contributed by atoms with Crippen LogP contribution in [0.4, 0.5) is 0 Å². The first-order chi connectivity index (χ1) is 8.57. The Morgan fingerprint density at radius 3 is 1.78 bits per heavy atom. The molecule has 2 rings (SSSR count). The van der Waals surface area contributed by atoms with Crippen molar-refractivity contribution in [1.29, 1.82) is 0 Å². The van der Waals surface area contributed by atoms with E-state index in [2.05, 4.69) is 80.3 Å². The van der Waals surface area contributed by atoms with Crippen LogP contribution in [0.1, 0.15) is 0 Å². The van der Waals surface area contributed by atoms with Crippen molar-refractivity contribution in [3.8, 4) is 0 Å². The molecule has 0 nitrogen and oxygen atoms in total. The van der Waals surface area contributed by atoms with Gasteiger partial charge in [-0.25, -0.2) is 0 Å². The SMILES string of the molecule is C[Si](C)(C)[Si]([Si]c1ccccc1)c1ccccc1. The summed E-state index contributed by atoms with van der Waals surface area (Å²) in [7, 11) is -0.531. The van der Waals surface area contributed by atoms with Gasteiger partial charge in [-0.15, -0.1) is 0 Å². The molecule has 91 valence electrons. The highest BCUT2D eigenvalue weighted by Crippen LogP contribution is 2.06. The molecule has 2 aromatic rings. The van der Waals surface area contributed by atoms with Crippen molar-refractivity contribution in [3.05, 3.63) is 60.7 Å². The van der Waals surface area contributed by atoms with Crippen molar-refractivity contribution in [1.82, 2.24) is 0 Å². The van der Waals surface area contributed by atoms with Crippen LogP contribution in [0, 0.1) is 0 Å². The first kappa shape index (κ1) is 13.5. The minimum absolute atomic E-state index is 0.423. The summed E-state index contributed by atoms with van der Waals surface area (Å²) in [5, 5.41) is 3.14. The molecule has 18 heavy (non-hydrogen) atoms. The van der Waals surface area contributed by atoms with Gasteiger partial charge in [0.15, 0.2) is 0 Å². The van der Waals surface area contributed by atoms with Gasteiger partial charge in [0, 0.05) is 7.59 Å². The molecule has 3 radical (unpaired) electrons. The van der Waals surface area contributed by atoms with E-state index in [0.717, 1.165) is 9.04 Å². The van der Waals surface area contributed by atoms with Gasteiger partial charge < -0.3 is 0 Å². The monoisotopic (exact) mass is 283 g/mol. The highest BCUT2D eigenvalue weighted by molar-refractivity contribution is 7.57. The predicted molar refractivity (Wildman–Crippen MR) is 87.0 cm³/mol. The number of benzene rings is 2. The van der Waals surface area contributed by atoms with Gasteiger partial charge in [0.05, 0.1) is 16.9 Å². The standard InChI is InChI=1S/C15H19Si3/c1-18(2,3)17(15-12-8-5-9-13-15)16-14-10-6-4-7-11-14/h4-13H,1-3H3. The molecule has 0 atom stereocenters. The van der Waals surface area contributed by atoms with Gasteiger partial charge in [0.1, 0.15) is 0 Å². The first-order valence-electron chi connectivity index (χ1n) is 6.32. The predicted octanol–water partition coefficient (Wildman–Crippen LogP) is 2.33. The van der Waals surface area contributed by atoms with Crippen molar-refractivity contribution in [2.24, 2.45) is 0 Å². The summed E-state index contributed by atoms with van der Waals surface area (Å²) >= 11 is 0. The Hall–Kier alpha value is -0.909. The molecule has 0 aliphatic carbocycles. The lowest BCUT2D eigenvalue weighted by Gasteiger charge is -2.27. The van der Waals surface area contributed by atoms with Crippen molar-refractivity contribution in [2.45, 2.75) is 19.6 Å². The molecule has 0 saturated heterocycles. The number of hydrogen-bond acceptors (Lipinski definition) is 0. The molecule has 0 bridgehead atoms. The molecule has 0 aromatic heterocycles. The smallest absolute Gasteiger partial charge is 0.0713 e. The lowest BCUT2D eigenvalue weighted by atomic mass is 10.4. The molecule has 0 heterocycles. The van der Waals surface area contributed by atoms with Crippen molar-refractivity contribution in [2.75, 3.05) is 0 Å². The van der Waals surface area contributed by atoms with Crippen LogP contribution < -0.4 is 10.4 Å². The second-order valence-corrected chi connectivity index (χ2v) is 21.9. The zero-order chi connectivity index (χ0) is 13.0. The maximum atomic E-state index is 2.52. The molecule has 0 aliphatic rings. The van der Waals surface area contributed by atoms with E-state index in [4.69, 9.17) is 0 Å². The molecule has 0 saturated carbocycles. The van der Waals surface area contributed by atoms with Gasteiger partial charge in [-0.2, -0.15) is 0 Å². The molecule has 0 spiro atoms. The van der Waals surface area contributed by atoms with Gasteiger partial charge in [-0.05, 0) is 0 Å². The Morgan fingerprint density at radius 2 is 1.28 bits per heavy atom. The van der Waals surface area contributed by atoms with E-state index >= 15 is 0 Å². The van der Waals surface area contributed by atoms with Crippen LogP contribution in [0.3, 0.4) is 0 Å². The number of rotatable bonds is 4. The molecule has 3 heteroatoms. The summed E-state index contributed by atoms with van der Waals surface area (Å²) in [5.74, 6) is 0. The zero-order valence-electron chi connectivity index (χ0n) is 11.3. The van der Waals surface area contributed by atoms with Crippen LogP contribution >= 0.6 is 0 Å². The molecular formula is C15H19Si3. The van der Waals surface area contributed by atoms with E-state index in [1.807, 2.05) is 0 Å². The van der Waals surface area contributed by atoms with E-state index < -0.39 is 15.4 Å². The molecule has 0 unspecified atom stereocenters. The lowest BCUT2D eigenvalue weighted by molar-refractivity contribution is 1.75. The maximum Gasteiger partial charge on any atom is 0.0713 e. The Kier molecular flexibility index (Phi) is 4.37. The zero-order valence-corrected chi connectivity index (χ0v) is 14.3. The minimum atomic E-state index is -1.10. The van der Waals surface area contributed by atoms with Crippen LogP contribution in [0.2, 0.25) is 19.6 Å².